The molecule has 0 fully saturated rings. The van der Waals surface area contributed by atoms with Gasteiger partial charge in [0.1, 0.15) is 17.7 Å². The lowest BCUT2D eigenvalue weighted by Crippen LogP contribution is -2.29. The molecule has 376 valence electrons. The lowest BCUT2D eigenvalue weighted by Gasteiger charge is -2.14. The molecule has 0 amide bonds. The molecule has 8 rings (SSSR count). The zero-order chi connectivity index (χ0) is 51.8. The molecule has 19 heteroatoms. The summed E-state index contributed by atoms with van der Waals surface area (Å²) in [7, 11) is 0. The Hall–Kier alpha value is -6.37. The predicted octanol–water partition coefficient (Wildman–Crippen LogP) is 11.3. The predicted molar refractivity (Wildman–Crippen MR) is 274 cm³/mol. The van der Waals surface area contributed by atoms with Gasteiger partial charge >= 0.3 is 11.9 Å². The number of carbonyl (C=O) groups excluding carboxylic acids is 2. The third-order valence-electron chi connectivity index (χ3n) is 11.1. The van der Waals surface area contributed by atoms with Crippen molar-refractivity contribution in [1.29, 1.82) is 0 Å². The van der Waals surface area contributed by atoms with E-state index >= 15 is 4.39 Å². The van der Waals surface area contributed by atoms with Crippen LogP contribution < -0.4 is 4.57 Å². The smallest absolute Gasteiger partial charge is 0.305 e. The SMILES string of the molecule is CC(=O)OCCl.CCn1nc(C(C)(C)C)cc1Cc1nc(-c2ccc(-[n+]3cc(C)n(COC(C)=O)c3)c(F)c2)cs1.CCn1nc(C(C)(C)C)cc1Cc1nc(-c2ccc(-n3cnc(C)c3)c(F)c2)cs1. The molecule has 14 nitrogen and oxygen atoms in total. The summed E-state index contributed by atoms with van der Waals surface area (Å²) in [5, 5.41) is 15.4. The fourth-order valence-corrected chi connectivity index (χ4v) is 8.98. The van der Waals surface area contributed by atoms with Crippen molar-refractivity contribution in [1.82, 2.24) is 43.6 Å². The third-order valence-corrected chi connectivity index (χ3v) is 12.9. The van der Waals surface area contributed by atoms with Crippen LogP contribution in [0.4, 0.5) is 8.78 Å². The van der Waals surface area contributed by atoms with E-state index in [9.17, 15) is 14.0 Å². The average molecular weight is 1030 g/mol. The first-order chi connectivity index (χ1) is 33.6. The summed E-state index contributed by atoms with van der Waals surface area (Å²) < 4.78 is 48.2. The van der Waals surface area contributed by atoms with Crippen LogP contribution in [0.15, 0.2) is 84.3 Å². The fraction of sp³-hybridized carbons (Fsp3) is 0.385. The Bertz CT molecular complexity index is 3100. The van der Waals surface area contributed by atoms with Gasteiger partial charge in [0.2, 0.25) is 6.73 Å². The molecule has 0 radical (unpaired) electrons. The number of aromatic nitrogens is 10. The summed E-state index contributed by atoms with van der Waals surface area (Å²) in [5.41, 5.74) is 10.1. The van der Waals surface area contributed by atoms with Crippen LogP contribution in [0.2, 0.25) is 0 Å². The maximum Gasteiger partial charge on any atom is 0.305 e. The third kappa shape index (κ3) is 14.2. The molecule has 0 saturated carbocycles. The van der Waals surface area contributed by atoms with Gasteiger partial charge in [0, 0.05) is 97.0 Å². The summed E-state index contributed by atoms with van der Waals surface area (Å²) in [6.45, 7) is 25.3. The van der Waals surface area contributed by atoms with Crippen molar-refractivity contribution < 1.29 is 32.4 Å². The number of esters is 2. The number of hydrogen-bond acceptors (Lipinski definition) is 11. The van der Waals surface area contributed by atoms with Crippen LogP contribution in [-0.2, 0) is 62.6 Å². The molecule has 0 aliphatic rings. The summed E-state index contributed by atoms with van der Waals surface area (Å²) in [4.78, 5) is 34.5. The average Bonchev–Trinajstić information content (AvgIpc) is 4.17. The van der Waals surface area contributed by atoms with E-state index < -0.39 is 0 Å². The Labute approximate surface area is 426 Å². The molecule has 0 aliphatic carbocycles. The van der Waals surface area contributed by atoms with Crippen molar-refractivity contribution >= 4 is 46.2 Å². The number of benzene rings is 2. The Morgan fingerprint density at radius 3 is 1.69 bits per heavy atom. The number of ether oxygens (including phenoxy) is 2. The van der Waals surface area contributed by atoms with Gasteiger partial charge in [0.15, 0.2) is 17.6 Å². The van der Waals surface area contributed by atoms with E-state index in [0.717, 1.165) is 86.2 Å². The Morgan fingerprint density at radius 1 is 0.746 bits per heavy atom. The first kappa shape index (κ1) is 54.0. The van der Waals surface area contributed by atoms with Crippen molar-refractivity contribution in [2.45, 2.75) is 127 Å². The van der Waals surface area contributed by atoms with Crippen molar-refractivity contribution in [3.8, 4) is 33.9 Å². The number of aryl methyl sites for hydroxylation is 4. The normalized spacial score (nSPS) is 11.5. The van der Waals surface area contributed by atoms with E-state index in [2.05, 4.69) is 77.2 Å². The number of alkyl halides is 1. The Kier molecular flexibility index (Phi) is 17.7. The minimum Gasteiger partial charge on any atom is -0.450 e. The molecular formula is C52H62ClF2N10O4S2+. The number of thiazole rings is 2. The molecule has 71 heavy (non-hydrogen) atoms. The monoisotopic (exact) mass is 1030 g/mol. The molecule has 6 aromatic heterocycles. The quantitative estimate of drug-likeness (QED) is 0.0627. The first-order valence-corrected chi connectivity index (χ1v) is 25.4. The Morgan fingerprint density at radius 2 is 1.27 bits per heavy atom. The van der Waals surface area contributed by atoms with Gasteiger partial charge in [-0.15, -0.1) is 22.7 Å². The van der Waals surface area contributed by atoms with E-state index in [-0.39, 0.29) is 47.2 Å². The second-order valence-electron chi connectivity index (χ2n) is 18.8. The lowest BCUT2D eigenvalue weighted by atomic mass is 9.92. The van der Waals surface area contributed by atoms with E-state index in [1.807, 2.05) is 52.3 Å². The van der Waals surface area contributed by atoms with Gasteiger partial charge in [-0.3, -0.25) is 19.0 Å². The standard InChI is InChI=1S/C26H31FN5O2S.C23H26FN5S.C3H5ClO2/c1-7-32-20(11-24(29-32)26(4,5)6)12-25-28-22(14-35-25)19-8-9-23(21(27)10-19)30-13-17(2)31(15-30)16-34-18(3)33;1-6-29-17(10-21(27-29)23(3,4)5)11-22-26-19(13-30-22)16-7-8-20(18(24)9-16)28-12-15(2)25-14-28;1-3(5)6-2-4/h8-11,13-15H,7,12,16H2,1-6H3;7-10,12-14H,6,11H2,1-5H3;2H2,1H3/q+1;;. The van der Waals surface area contributed by atoms with Crippen molar-refractivity contribution in [2.75, 3.05) is 6.07 Å². The largest absolute Gasteiger partial charge is 0.450 e. The first-order valence-electron chi connectivity index (χ1n) is 23.1. The number of halogens is 3. The number of rotatable bonds is 13. The van der Waals surface area contributed by atoms with Gasteiger partial charge in [-0.2, -0.15) is 19.3 Å². The summed E-state index contributed by atoms with van der Waals surface area (Å²) >= 11 is 8.12. The summed E-state index contributed by atoms with van der Waals surface area (Å²) in [6, 6.07) is 14.6. The number of imidazole rings is 2. The summed E-state index contributed by atoms with van der Waals surface area (Å²) in [6.07, 6.45) is 8.34. The van der Waals surface area contributed by atoms with Crippen molar-refractivity contribution in [2.24, 2.45) is 0 Å². The minimum absolute atomic E-state index is 0.0102. The molecule has 0 unspecified atom stereocenters. The molecule has 2 aromatic carbocycles. The maximum atomic E-state index is 15.1. The molecule has 0 spiro atoms. The van der Waals surface area contributed by atoms with Gasteiger partial charge in [0.05, 0.1) is 50.5 Å². The van der Waals surface area contributed by atoms with Crippen LogP contribution in [0.5, 0.6) is 0 Å². The second-order valence-corrected chi connectivity index (χ2v) is 20.9. The highest BCUT2D eigenvalue weighted by Gasteiger charge is 2.23. The number of nitrogens with zero attached hydrogens (tertiary/aromatic N) is 10. The van der Waals surface area contributed by atoms with Crippen molar-refractivity contribution in [3.05, 3.63) is 140 Å². The van der Waals surface area contributed by atoms with Crippen molar-refractivity contribution in [3.63, 3.8) is 0 Å². The second kappa shape index (κ2) is 23.2. The lowest BCUT2D eigenvalue weighted by molar-refractivity contribution is -0.597. The van der Waals surface area contributed by atoms with Crippen LogP contribution in [0.25, 0.3) is 33.9 Å². The van der Waals surface area contributed by atoms with Gasteiger partial charge in [-0.05, 0) is 63.2 Å². The van der Waals surface area contributed by atoms with Crippen LogP contribution in [0, 0.1) is 25.5 Å². The molecule has 0 bridgehead atoms. The number of hydrogen-bond donors (Lipinski definition) is 0. The van der Waals surface area contributed by atoms with Crippen LogP contribution in [0.3, 0.4) is 0 Å². The van der Waals surface area contributed by atoms with E-state index in [1.54, 1.807) is 67.4 Å². The zero-order valence-electron chi connectivity index (χ0n) is 42.4. The van der Waals surface area contributed by atoms with E-state index in [0.29, 0.717) is 17.8 Å². The molecule has 0 N–H and O–H groups in total. The van der Waals surface area contributed by atoms with E-state index in [4.69, 9.17) is 36.5 Å². The molecule has 0 atom stereocenters. The summed E-state index contributed by atoms with van der Waals surface area (Å²) in [5.74, 6) is -1.36. The van der Waals surface area contributed by atoms with Crippen LogP contribution >= 0.6 is 34.3 Å². The molecular weight excluding hydrogens is 966 g/mol. The topological polar surface area (TPSA) is 141 Å². The highest BCUT2D eigenvalue weighted by atomic mass is 35.5. The fourth-order valence-electron chi connectivity index (χ4n) is 7.19. The maximum absolute atomic E-state index is 15.1. The van der Waals surface area contributed by atoms with Gasteiger partial charge in [0.25, 0.3) is 6.33 Å². The molecule has 8 aromatic rings. The number of carbonyl (C=O) groups is 2. The van der Waals surface area contributed by atoms with Gasteiger partial charge in [-0.1, -0.05) is 59.2 Å². The zero-order valence-corrected chi connectivity index (χ0v) is 44.8. The highest BCUT2D eigenvalue weighted by molar-refractivity contribution is 7.10. The highest BCUT2D eigenvalue weighted by Crippen LogP contribution is 2.30. The molecule has 0 saturated heterocycles. The van der Waals surface area contributed by atoms with Gasteiger partial charge < -0.3 is 14.0 Å². The van der Waals surface area contributed by atoms with Gasteiger partial charge in [-0.25, -0.2) is 23.7 Å². The minimum atomic E-state index is -0.364. The van der Waals surface area contributed by atoms with Crippen LogP contribution in [0.1, 0.15) is 113 Å². The molecule has 6 heterocycles. The Balaban J connectivity index is 0.000000210. The van der Waals surface area contributed by atoms with E-state index in [1.165, 1.54) is 26.0 Å². The molecule has 0 aliphatic heterocycles. The van der Waals surface area contributed by atoms with Crippen LogP contribution in [-0.4, -0.2) is 61.7 Å².